The number of hydrogen-bond donors (Lipinski definition) is 1. The standard InChI is InChI=1S/C15H20N4O3S/c1-23(20,21)19-9-7-13(8-10-19)16-15-18-17-14(22-15)11-12-5-3-2-4-6-12/h2-6,13H,7-11H2,1H3,(H,16,18). The molecule has 2 aromatic rings. The van der Waals surface area contributed by atoms with Crippen LogP contribution in [0, 0.1) is 0 Å². The second-order valence-electron chi connectivity index (χ2n) is 5.74. The maximum absolute atomic E-state index is 11.5. The molecule has 0 atom stereocenters. The first kappa shape index (κ1) is 15.9. The van der Waals surface area contributed by atoms with Crippen molar-refractivity contribution < 1.29 is 12.8 Å². The van der Waals surface area contributed by atoms with Gasteiger partial charge < -0.3 is 9.73 Å². The van der Waals surface area contributed by atoms with Crippen LogP contribution >= 0.6 is 0 Å². The van der Waals surface area contributed by atoms with Crippen molar-refractivity contribution in [1.29, 1.82) is 0 Å². The predicted octanol–water partition coefficient (Wildman–Crippen LogP) is 1.50. The fourth-order valence-electron chi connectivity index (χ4n) is 2.66. The second kappa shape index (κ2) is 6.67. The van der Waals surface area contributed by atoms with Crippen molar-refractivity contribution in [2.75, 3.05) is 24.7 Å². The highest BCUT2D eigenvalue weighted by molar-refractivity contribution is 7.88. The summed E-state index contributed by atoms with van der Waals surface area (Å²) < 4.78 is 30.1. The Hall–Kier alpha value is -1.93. The summed E-state index contributed by atoms with van der Waals surface area (Å²) >= 11 is 0. The number of benzene rings is 1. The molecule has 3 rings (SSSR count). The van der Waals surface area contributed by atoms with E-state index in [2.05, 4.69) is 15.5 Å². The number of sulfonamides is 1. The Morgan fingerprint density at radius 2 is 1.91 bits per heavy atom. The van der Waals surface area contributed by atoms with Crippen molar-refractivity contribution in [2.24, 2.45) is 0 Å². The first-order valence-electron chi connectivity index (χ1n) is 7.59. The Morgan fingerprint density at radius 1 is 1.22 bits per heavy atom. The molecule has 1 saturated heterocycles. The smallest absolute Gasteiger partial charge is 0.315 e. The van der Waals surface area contributed by atoms with Crippen LogP contribution in [0.25, 0.3) is 0 Å². The molecule has 2 heterocycles. The van der Waals surface area contributed by atoms with Crippen LogP contribution in [0.3, 0.4) is 0 Å². The lowest BCUT2D eigenvalue weighted by atomic mass is 10.1. The van der Waals surface area contributed by atoms with Crippen LogP contribution in [0.4, 0.5) is 6.01 Å². The summed E-state index contributed by atoms with van der Waals surface area (Å²) in [6.45, 7) is 1.03. The summed E-state index contributed by atoms with van der Waals surface area (Å²) in [6.07, 6.45) is 3.30. The zero-order valence-electron chi connectivity index (χ0n) is 13.0. The van der Waals surface area contributed by atoms with E-state index >= 15 is 0 Å². The fraction of sp³-hybridized carbons (Fsp3) is 0.467. The van der Waals surface area contributed by atoms with Gasteiger partial charge in [-0.1, -0.05) is 35.4 Å². The third-order valence-electron chi connectivity index (χ3n) is 3.92. The van der Waals surface area contributed by atoms with Gasteiger partial charge in [0.2, 0.25) is 15.9 Å². The van der Waals surface area contributed by atoms with Crippen LogP contribution < -0.4 is 5.32 Å². The topological polar surface area (TPSA) is 88.3 Å². The van der Waals surface area contributed by atoms with E-state index in [0.717, 1.165) is 18.4 Å². The van der Waals surface area contributed by atoms with Gasteiger partial charge >= 0.3 is 6.01 Å². The third-order valence-corrected chi connectivity index (χ3v) is 5.22. The molecular formula is C15H20N4O3S. The van der Waals surface area contributed by atoms with Gasteiger partial charge in [-0.3, -0.25) is 0 Å². The highest BCUT2D eigenvalue weighted by Gasteiger charge is 2.25. The lowest BCUT2D eigenvalue weighted by Gasteiger charge is -2.30. The van der Waals surface area contributed by atoms with Crippen LogP contribution in [0.15, 0.2) is 34.7 Å². The quantitative estimate of drug-likeness (QED) is 0.890. The highest BCUT2D eigenvalue weighted by atomic mass is 32.2. The Balaban J connectivity index is 1.54. The molecule has 0 amide bonds. The van der Waals surface area contributed by atoms with Crippen LogP contribution in [0.5, 0.6) is 0 Å². The third kappa shape index (κ3) is 4.29. The van der Waals surface area contributed by atoms with Gasteiger partial charge in [0.15, 0.2) is 0 Å². The van der Waals surface area contributed by atoms with Gasteiger partial charge in [0.1, 0.15) is 0 Å². The molecule has 23 heavy (non-hydrogen) atoms. The van der Waals surface area contributed by atoms with E-state index < -0.39 is 10.0 Å². The molecule has 0 aliphatic carbocycles. The molecule has 124 valence electrons. The zero-order chi connectivity index (χ0) is 16.3. The van der Waals surface area contributed by atoms with Crippen LogP contribution in [0.1, 0.15) is 24.3 Å². The normalized spacial score (nSPS) is 17.3. The van der Waals surface area contributed by atoms with E-state index in [1.807, 2.05) is 30.3 Å². The molecule has 1 N–H and O–H groups in total. The number of piperidine rings is 1. The highest BCUT2D eigenvalue weighted by Crippen LogP contribution is 2.18. The van der Waals surface area contributed by atoms with Gasteiger partial charge in [-0.2, -0.15) is 0 Å². The average molecular weight is 336 g/mol. The summed E-state index contributed by atoms with van der Waals surface area (Å²) in [7, 11) is -3.10. The minimum atomic E-state index is -3.10. The molecule has 1 aliphatic rings. The Kier molecular flexibility index (Phi) is 4.63. The number of anilines is 1. The molecule has 8 heteroatoms. The molecule has 1 fully saturated rings. The maximum atomic E-state index is 11.5. The Morgan fingerprint density at radius 3 is 2.57 bits per heavy atom. The van der Waals surface area contributed by atoms with Gasteiger partial charge in [0, 0.05) is 19.1 Å². The van der Waals surface area contributed by atoms with E-state index in [1.54, 1.807) is 0 Å². The monoisotopic (exact) mass is 336 g/mol. The summed E-state index contributed by atoms with van der Waals surface area (Å²) in [5.41, 5.74) is 1.11. The zero-order valence-corrected chi connectivity index (χ0v) is 13.8. The van der Waals surface area contributed by atoms with E-state index in [-0.39, 0.29) is 6.04 Å². The van der Waals surface area contributed by atoms with Gasteiger partial charge in [0.25, 0.3) is 0 Å². The van der Waals surface area contributed by atoms with E-state index in [9.17, 15) is 8.42 Å². The molecule has 1 aliphatic heterocycles. The van der Waals surface area contributed by atoms with Gasteiger partial charge in [-0.25, -0.2) is 12.7 Å². The molecule has 0 saturated carbocycles. The van der Waals surface area contributed by atoms with Crippen LogP contribution in [-0.4, -0.2) is 48.3 Å². The van der Waals surface area contributed by atoms with E-state index in [0.29, 0.717) is 31.4 Å². The van der Waals surface area contributed by atoms with Gasteiger partial charge in [0.05, 0.1) is 12.7 Å². The summed E-state index contributed by atoms with van der Waals surface area (Å²) in [6, 6.07) is 10.5. The summed E-state index contributed by atoms with van der Waals surface area (Å²) in [5, 5.41) is 11.3. The molecule has 7 nitrogen and oxygen atoms in total. The molecule has 0 spiro atoms. The van der Waals surface area contributed by atoms with Crippen LogP contribution in [0.2, 0.25) is 0 Å². The second-order valence-corrected chi connectivity index (χ2v) is 7.73. The lowest BCUT2D eigenvalue weighted by molar-refractivity contribution is 0.328. The van der Waals surface area contributed by atoms with E-state index in [1.165, 1.54) is 10.6 Å². The number of nitrogens with zero attached hydrogens (tertiary/aromatic N) is 3. The van der Waals surface area contributed by atoms with Crippen molar-refractivity contribution in [3.8, 4) is 0 Å². The molecular weight excluding hydrogens is 316 g/mol. The number of hydrogen-bond acceptors (Lipinski definition) is 6. The molecule has 0 radical (unpaired) electrons. The summed E-state index contributed by atoms with van der Waals surface area (Å²) in [4.78, 5) is 0. The lowest BCUT2D eigenvalue weighted by Crippen LogP contribution is -2.41. The molecule has 1 aromatic heterocycles. The largest absolute Gasteiger partial charge is 0.408 e. The minimum Gasteiger partial charge on any atom is -0.408 e. The minimum absolute atomic E-state index is 0.151. The fourth-order valence-corrected chi connectivity index (χ4v) is 3.53. The average Bonchev–Trinajstić information content (AvgIpc) is 2.95. The Bertz CT molecular complexity index is 737. The molecule has 1 aromatic carbocycles. The molecule has 0 bridgehead atoms. The first-order valence-corrected chi connectivity index (χ1v) is 9.43. The number of aromatic nitrogens is 2. The van der Waals surface area contributed by atoms with Crippen molar-refractivity contribution >= 4 is 16.0 Å². The van der Waals surface area contributed by atoms with Crippen molar-refractivity contribution in [1.82, 2.24) is 14.5 Å². The maximum Gasteiger partial charge on any atom is 0.315 e. The SMILES string of the molecule is CS(=O)(=O)N1CCC(Nc2nnc(Cc3ccccc3)o2)CC1. The Labute approximate surface area is 135 Å². The van der Waals surface area contributed by atoms with Crippen molar-refractivity contribution in [3.63, 3.8) is 0 Å². The van der Waals surface area contributed by atoms with Crippen LogP contribution in [-0.2, 0) is 16.4 Å². The first-order chi connectivity index (χ1) is 11.0. The predicted molar refractivity (Wildman–Crippen MR) is 86.6 cm³/mol. The summed E-state index contributed by atoms with van der Waals surface area (Å²) in [5.74, 6) is 0.562. The van der Waals surface area contributed by atoms with Gasteiger partial charge in [-0.05, 0) is 18.4 Å². The number of nitrogens with one attached hydrogen (secondary N) is 1. The van der Waals surface area contributed by atoms with E-state index in [4.69, 9.17) is 4.42 Å². The van der Waals surface area contributed by atoms with Crippen molar-refractivity contribution in [2.45, 2.75) is 25.3 Å². The molecule has 0 unspecified atom stereocenters. The van der Waals surface area contributed by atoms with Gasteiger partial charge in [-0.15, -0.1) is 5.10 Å². The number of rotatable bonds is 5. The van der Waals surface area contributed by atoms with Crippen molar-refractivity contribution in [3.05, 3.63) is 41.8 Å².